The molecule has 2 N–H and O–H groups in total. The van der Waals surface area contributed by atoms with Crippen molar-refractivity contribution >= 4 is 34.9 Å². The molecule has 1 aliphatic rings. The fourth-order valence-corrected chi connectivity index (χ4v) is 5.92. The van der Waals surface area contributed by atoms with Crippen LogP contribution in [0.4, 0.5) is 24.7 Å². The van der Waals surface area contributed by atoms with Crippen LogP contribution < -0.4 is 15.5 Å². The van der Waals surface area contributed by atoms with E-state index < -0.39 is 30.5 Å². The quantitative estimate of drug-likeness (QED) is 0.460. The summed E-state index contributed by atoms with van der Waals surface area (Å²) in [6.07, 6.45) is -4.44. The Kier molecular flexibility index (Phi) is 6.17. The molecule has 2 aromatic carbocycles. The Labute approximate surface area is 203 Å². The summed E-state index contributed by atoms with van der Waals surface area (Å²) >= 11 is 0. The number of alkyl halides is 3. The van der Waals surface area contributed by atoms with Gasteiger partial charge in [-0.1, -0.05) is 12.1 Å². The van der Waals surface area contributed by atoms with Gasteiger partial charge in [0, 0.05) is 29.5 Å². The fraction of sp³-hybridized carbons (Fsp3) is 0.440. The van der Waals surface area contributed by atoms with E-state index in [9.17, 15) is 22.8 Å². The molecule has 0 spiro atoms. The lowest BCUT2D eigenvalue weighted by Gasteiger charge is -2.46. The maximum Gasteiger partial charge on any atom is 0.416 e. The van der Waals surface area contributed by atoms with Crippen molar-refractivity contribution in [3.8, 4) is 0 Å². The van der Waals surface area contributed by atoms with Crippen LogP contribution in [0.1, 0.15) is 42.4 Å². The number of aryl methyl sites for hydroxylation is 1. The second-order valence-corrected chi connectivity index (χ2v) is 13.2. The van der Waals surface area contributed by atoms with Crippen LogP contribution in [0.2, 0.25) is 0 Å². The largest absolute Gasteiger partial charge is 0.416 e. The second kappa shape index (κ2) is 8.49. The van der Waals surface area contributed by atoms with Gasteiger partial charge >= 0.3 is 6.18 Å². The van der Waals surface area contributed by atoms with Gasteiger partial charge in [-0.3, -0.25) is 0 Å². The Balaban J connectivity index is 1.80. The number of hydrogen-bond acceptors (Lipinski definition) is 6. The van der Waals surface area contributed by atoms with Crippen molar-refractivity contribution < 1.29 is 22.8 Å². The predicted molar refractivity (Wildman–Crippen MR) is 134 cm³/mol. The highest BCUT2D eigenvalue weighted by molar-refractivity contribution is 7.70. The van der Waals surface area contributed by atoms with Gasteiger partial charge in [0.05, 0.1) is 22.7 Å². The Morgan fingerprint density at radius 2 is 1.83 bits per heavy atom. The summed E-state index contributed by atoms with van der Waals surface area (Å²) in [5.74, 6) is 0.965. The highest BCUT2D eigenvalue weighted by atomic mass is 31.2. The SMILES string of the molecule is Cc1nc(N[C@H](C)c2cccc(C(F)(F)F)c2C)c2cc(P(C)(C)=O)c(N3CC(C)(O)C3)cc2n1. The van der Waals surface area contributed by atoms with E-state index >= 15 is 0 Å². The summed E-state index contributed by atoms with van der Waals surface area (Å²) in [6.45, 7) is 11.0. The molecule has 1 aliphatic heterocycles. The number of aromatic nitrogens is 2. The molecule has 1 saturated heterocycles. The molecule has 4 rings (SSSR count). The average Bonchev–Trinajstić information content (AvgIpc) is 2.69. The average molecular weight is 507 g/mol. The van der Waals surface area contributed by atoms with E-state index in [0.717, 1.165) is 11.8 Å². The van der Waals surface area contributed by atoms with Crippen LogP contribution >= 0.6 is 7.14 Å². The first-order valence-electron chi connectivity index (χ1n) is 11.4. The number of fused-ring (bicyclic) bond motifs is 1. The molecule has 0 aliphatic carbocycles. The van der Waals surface area contributed by atoms with Crippen molar-refractivity contribution in [2.24, 2.45) is 0 Å². The van der Waals surface area contributed by atoms with E-state index in [1.807, 2.05) is 17.0 Å². The van der Waals surface area contributed by atoms with Crippen LogP contribution in [0.25, 0.3) is 10.9 Å². The molecule has 3 aromatic rings. The van der Waals surface area contributed by atoms with Crippen molar-refractivity contribution in [3.63, 3.8) is 0 Å². The van der Waals surface area contributed by atoms with E-state index in [4.69, 9.17) is 0 Å². The van der Waals surface area contributed by atoms with Crippen molar-refractivity contribution in [3.05, 3.63) is 52.8 Å². The predicted octanol–water partition coefficient (Wildman–Crippen LogP) is 5.26. The second-order valence-electron chi connectivity index (χ2n) is 10.1. The van der Waals surface area contributed by atoms with Gasteiger partial charge in [-0.25, -0.2) is 9.97 Å². The maximum atomic E-state index is 13.4. The number of rotatable bonds is 5. The highest BCUT2D eigenvalue weighted by Gasteiger charge is 2.39. The molecule has 1 aromatic heterocycles. The van der Waals surface area contributed by atoms with E-state index in [1.54, 1.807) is 40.2 Å². The van der Waals surface area contributed by atoms with E-state index in [-0.39, 0.29) is 5.56 Å². The molecular formula is C25H30F3N4O2P. The molecule has 35 heavy (non-hydrogen) atoms. The molecule has 0 unspecified atom stereocenters. The van der Waals surface area contributed by atoms with Gasteiger partial charge in [-0.2, -0.15) is 13.2 Å². The minimum absolute atomic E-state index is 0.162. The van der Waals surface area contributed by atoms with Gasteiger partial charge in [0.15, 0.2) is 0 Å². The summed E-state index contributed by atoms with van der Waals surface area (Å²) in [7, 11) is -2.72. The number of hydrogen-bond donors (Lipinski definition) is 2. The van der Waals surface area contributed by atoms with Crippen molar-refractivity contribution in [1.29, 1.82) is 0 Å². The number of nitrogens with zero attached hydrogens (tertiary/aromatic N) is 3. The summed E-state index contributed by atoms with van der Waals surface area (Å²) in [5.41, 5.74) is 0.608. The Morgan fingerprint density at radius 3 is 2.40 bits per heavy atom. The smallest absolute Gasteiger partial charge is 0.386 e. The number of anilines is 2. The summed E-state index contributed by atoms with van der Waals surface area (Å²) in [5, 5.41) is 14.8. The molecule has 0 bridgehead atoms. The van der Waals surface area contributed by atoms with Gasteiger partial charge in [0.2, 0.25) is 0 Å². The van der Waals surface area contributed by atoms with Crippen LogP contribution in [0.5, 0.6) is 0 Å². The highest BCUT2D eigenvalue weighted by Crippen LogP contribution is 2.43. The summed E-state index contributed by atoms with van der Waals surface area (Å²) in [6, 6.07) is 7.36. The monoisotopic (exact) mass is 506 g/mol. The van der Waals surface area contributed by atoms with Crippen molar-refractivity contribution in [1.82, 2.24) is 9.97 Å². The Morgan fingerprint density at radius 1 is 1.17 bits per heavy atom. The van der Waals surface area contributed by atoms with Crippen LogP contribution in [-0.4, -0.2) is 47.1 Å². The molecule has 0 radical (unpaired) electrons. The molecule has 10 heteroatoms. The van der Waals surface area contributed by atoms with Crippen LogP contribution in [0, 0.1) is 13.8 Å². The first-order valence-corrected chi connectivity index (χ1v) is 14.0. The first-order chi connectivity index (χ1) is 16.1. The molecule has 0 saturated carbocycles. The fourth-order valence-electron chi connectivity index (χ4n) is 4.72. The molecule has 1 fully saturated rings. The lowest BCUT2D eigenvalue weighted by molar-refractivity contribution is -0.138. The number of nitrogens with one attached hydrogen (secondary N) is 1. The number of halogens is 3. The Hall–Kier alpha value is -2.64. The lowest BCUT2D eigenvalue weighted by atomic mass is 9.96. The standard InChI is InChI=1S/C25H30F3N4O2P/c1-14-17(8-7-9-19(14)25(26,27)28)15(2)29-23-18-10-22(35(5,6)34)21(32-12-24(4,33)13-32)11-20(18)30-16(3)31-23/h7-11,15,33H,12-13H2,1-6H3,(H,29,30,31)/t15-/m1/s1. The van der Waals surface area contributed by atoms with Gasteiger partial charge in [0.25, 0.3) is 0 Å². The zero-order valence-corrected chi connectivity index (χ0v) is 21.6. The van der Waals surface area contributed by atoms with Gasteiger partial charge in [-0.05, 0) is 70.4 Å². The van der Waals surface area contributed by atoms with E-state index in [2.05, 4.69) is 15.3 Å². The van der Waals surface area contributed by atoms with Crippen molar-refractivity contribution in [2.75, 3.05) is 36.6 Å². The normalized spacial score (nSPS) is 16.8. The molecule has 2 heterocycles. The minimum atomic E-state index is -4.44. The van der Waals surface area contributed by atoms with Gasteiger partial charge in [0.1, 0.15) is 18.8 Å². The maximum absolute atomic E-state index is 13.4. The van der Waals surface area contributed by atoms with E-state index in [1.165, 1.54) is 13.0 Å². The number of β-amino-alcohol motifs (C(OH)–C–C–N with tert-alkyl or cyclic N) is 1. The van der Waals surface area contributed by atoms with Crippen LogP contribution in [0.15, 0.2) is 30.3 Å². The van der Waals surface area contributed by atoms with Gasteiger partial charge in [-0.15, -0.1) is 0 Å². The third kappa shape index (κ3) is 5.02. The molecule has 188 valence electrons. The topological polar surface area (TPSA) is 78.4 Å². The number of aliphatic hydroxyl groups is 1. The molecule has 1 atom stereocenters. The molecule has 6 nitrogen and oxygen atoms in total. The third-order valence-corrected chi connectivity index (χ3v) is 7.91. The molecular weight excluding hydrogens is 476 g/mol. The minimum Gasteiger partial charge on any atom is -0.386 e. The zero-order valence-electron chi connectivity index (χ0n) is 20.7. The van der Waals surface area contributed by atoms with Crippen LogP contribution in [0.3, 0.4) is 0 Å². The molecule has 0 amide bonds. The van der Waals surface area contributed by atoms with Gasteiger partial charge < -0.3 is 19.9 Å². The number of benzene rings is 2. The van der Waals surface area contributed by atoms with Crippen molar-refractivity contribution in [2.45, 2.75) is 45.5 Å². The lowest BCUT2D eigenvalue weighted by Crippen LogP contribution is -2.61. The van der Waals surface area contributed by atoms with Crippen LogP contribution in [-0.2, 0) is 10.7 Å². The first kappa shape index (κ1) is 25.5. The van der Waals surface area contributed by atoms with E-state index in [0.29, 0.717) is 46.5 Å². The summed E-state index contributed by atoms with van der Waals surface area (Å²) in [4.78, 5) is 11.1. The zero-order chi connectivity index (χ0) is 25.9. The third-order valence-electron chi connectivity index (χ3n) is 6.39. The Bertz CT molecular complexity index is 1340. The summed E-state index contributed by atoms with van der Waals surface area (Å²) < 4.78 is 53.5.